The molecule has 4 heteroatoms. The summed E-state index contributed by atoms with van der Waals surface area (Å²) in [5.74, 6) is 0. The number of hydrogen-bond donors (Lipinski definition) is 2. The fraction of sp³-hybridized carbons (Fsp3) is 1.00. The molecule has 114 valence electrons. The lowest BCUT2D eigenvalue weighted by atomic mass is 10.0. The van der Waals surface area contributed by atoms with E-state index in [0.717, 1.165) is 6.42 Å². The fourth-order valence-electron chi connectivity index (χ4n) is 2.01. The molecule has 0 amide bonds. The van der Waals surface area contributed by atoms with Crippen LogP contribution in [0.15, 0.2) is 0 Å². The van der Waals surface area contributed by atoms with Crippen LogP contribution < -0.4 is 11.5 Å². The van der Waals surface area contributed by atoms with Crippen LogP contribution in [-0.4, -0.2) is 12.6 Å². The van der Waals surface area contributed by atoms with Gasteiger partial charge in [-0.25, -0.2) is 0 Å². The molecule has 0 saturated carbocycles. The summed E-state index contributed by atoms with van der Waals surface area (Å²) in [5, 5.41) is 0. The maximum atomic E-state index is 5.76. The number of unbranched alkanes of at least 4 members (excludes halogenated alkanes) is 9. The van der Waals surface area contributed by atoms with E-state index in [2.05, 4.69) is 6.92 Å². The minimum atomic E-state index is 0. The monoisotopic (exact) mass is 300 g/mol. The first-order valence-corrected chi connectivity index (χ1v) is 7.27. The molecule has 0 aliphatic rings. The zero-order valence-corrected chi connectivity index (χ0v) is 13.7. The average Bonchev–Trinajstić information content (AvgIpc) is 2.31. The van der Waals surface area contributed by atoms with E-state index in [1.807, 2.05) is 0 Å². The second-order valence-corrected chi connectivity index (χ2v) is 4.97. The van der Waals surface area contributed by atoms with Crippen molar-refractivity contribution in [2.24, 2.45) is 11.5 Å². The normalized spacial score (nSPS) is 11.5. The van der Waals surface area contributed by atoms with Crippen molar-refractivity contribution in [3.8, 4) is 0 Å². The Kier molecular flexibility index (Phi) is 26.0. The highest BCUT2D eigenvalue weighted by atomic mass is 35.5. The SMILES string of the molecule is CCCCCCCCCCCCC(N)CN.Cl.Cl. The lowest BCUT2D eigenvalue weighted by Crippen LogP contribution is -2.29. The molecule has 0 aromatic heterocycles. The molecular weight excluding hydrogens is 267 g/mol. The Balaban J connectivity index is -0.00000112. The Morgan fingerprint density at radius 3 is 1.50 bits per heavy atom. The predicted octanol–water partition coefficient (Wildman–Crippen LogP) is 4.43. The summed E-state index contributed by atoms with van der Waals surface area (Å²) in [4.78, 5) is 0. The first-order chi connectivity index (χ1) is 7.81. The third-order valence-electron chi connectivity index (χ3n) is 3.23. The summed E-state index contributed by atoms with van der Waals surface area (Å²) in [5.41, 5.74) is 11.2. The number of hydrogen-bond acceptors (Lipinski definition) is 2. The largest absolute Gasteiger partial charge is 0.329 e. The first-order valence-electron chi connectivity index (χ1n) is 7.27. The average molecular weight is 301 g/mol. The van der Waals surface area contributed by atoms with Crippen molar-refractivity contribution in [3.63, 3.8) is 0 Å². The Morgan fingerprint density at radius 2 is 1.11 bits per heavy atom. The van der Waals surface area contributed by atoms with Crippen molar-refractivity contribution in [2.75, 3.05) is 6.54 Å². The van der Waals surface area contributed by atoms with Crippen molar-refractivity contribution in [3.05, 3.63) is 0 Å². The summed E-state index contributed by atoms with van der Waals surface area (Å²) in [6.45, 7) is 2.91. The Hall–Kier alpha value is 0.500. The highest BCUT2D eigenvalue weighted by molar-refractivity contribution is 5.85. The summed E-state index contributed by atoms with van der Waals surface area (Å²) < 4.78 is 0. The Labute approximate surface area is 126 Å². The predicted molar refractivity (Wildman–Crippen MR) is 88.0 cm³/mol. The molecule has 0 saturated heterocycles. The van der Waals surface area contributed by atoms with Gasteiger partial charge in [0, 0.05) is 12.6 Å². The topological polar surface area (TPSA) is 52.0 Å². The summed E-state index contributed by atoms with van der Waals surface area (Å²) >= 11 is 0. The zero-order valence-electron chi connectivity index (χ0n) is 12.0. The Bertz CT molecular complexity index is 135. The molecule has 4 N–H and O–H groups in total. The van der Waals surface area contributed by atoms with Crippen molar-refractivity contribution >= 4 is 24.8 Å². The van der Waals surface area contributed by atoms with Crippen LogP contribution in [0.3, 0.4) is 0 Å². The lowest BCUT2D eigenvalue weighted by molar-refractivity contribution is 0.524. The van der Waals surface area contributed by atoms with Gasteiger partial charge >= 0.3 is 0 Å². The van der Waals surface area contributed by atoms with Crippen LogP contribution in [-0.2, 0) is 0 Å². The molecule has 0 aliphatic heterocycles. The molecule has 0 bridgehead atoms. The van der Waals surface area contributed by atoms with Crippen LogP contribution >= 0.6 is 24.8 Å². The maximum absolute atomic E-state index is 5.76. The van der Waals surface area contributed by atoms with Crippen LogP contribution in [0, 0.1) is 0 Å². The van der Waals surface area contributed by atoms with Gasteiger partial charge in [0.05, 0.1) is 0 Å². The van der Waals surface area contributed by atoms with E-state index in [0.29, 0.717) is 6.54 Å². The Morgan fingerprint density at radius 1 is 0.722 bits per heavy atom. The number of nitrogens with two attached hydrogens (primary N) is 2. The third-order valence-corrected chi connectivity index (χ3v) is 3.23. The molecule has 0 heterocycles. The smallest absolute Gasteiger partial charge is 0.0163 e. The van der Waals surface area contributed by atoms with Crippen LogP contribution in [0.5, 0.6) is 0 Å². The quantitative estimate of drug-likeness (QED) is 0.524. The van der Waals surface area contributed by atoms with Gasteiger partial charge in [0.1, 0.15) is 0 Å². The zero-order chi connectivity index (χ0) is 12.1. The van der Waals surface area contributed by atoms with E-state index in [4.69, 9.17) is 11.5 Å². The van der Waals surface area contributed by atoms with Gasteiger partial charge < -0.3 is 11.5 Å². The second kappa shape index (κ2) is 19.8. The van der Waals surface area contributed by atoms with Crippen molar-refractivity contribution in [1.29, 1.82) is 0 Å². The molecule has 0 aliphatic carbocycles. The van der Waals surface area contributed by atoms with E-state index in [9.17, 15) is 0 Å². The molecule has 0 rings (SSSR count). The van der Waals surface area contributed by atoms with E-state index in [1.165, 1.54) is 64.2 Å². The molecule has 0 aromatic rings. The van der Waals surface area contributed by atoms with Gasteiger partial charge in [-0.15, -0.1) is 24.8 Å². The van der Waals surface area contributed by atoms with Gasteiger partial charge in [0.25, 0.3) is 0 Å². The minimum Gasteiger partial charge on any atom is -0.329 e. The molecule has 0 fully saturated rings. The minimum absolute atomic E-state index is 0. The van der Waals surface area contributed by atoms with E-state index >= 15 is 0 Å². The standard InChI is InChI=1S/C14H32N2.2ClH/c1-2-3-4-5-6-7-8-9-10-11-12-14(16)13-15;;/h14H,2-13,15-16H2,1H3;2*1H. The van der Waals surface area contributed by atoms with Gasteiger partial charge in [-0.05, 0) is 6.42 Å². The van der Waals surface area contributed by atoms with Crippen molar-refractivity contribution in [1.82, 2.24) is 0 Å². The fourth-order valence-corrected chi connectivity index (χ4v) is 2.01. The highest BCUT2D eigenvalue weighted by Gasteiger charge is 1.98. The number of rotatable bonds is 12. The molecular formula is C14H34Cl2N2. The summed E-state index contributed by atoms with van der Waals surface area (Å²) in [6, 6.07) is 0.231. The lowest BCUT2D eigenvalue weighted by Gasteiger charge is -2.07. The van der Waals surface area contributed by atoms with Crippen molar-refractivity contribution < 1.29 is 0 Å². The molecule has 1 unspecified atom stereocenters. The van der Waals surface area contributed by atoms with Crippen LogP contribution in [0.2, 0.25) is 0 Å². The van der Waals surface area contributed by atoms with Gasteiger partial charge in [-0.3, -0.25) is 0 Å². The van der Waals surface area contributed by atoms with Gasteiger partial charge in [-0.1, -0.05) is 71.1 Å². The highest BCUT2D eigenvalue weighted by Crippen LogP contribution is 2.11. The van der Waals surface area contributed by atoms with Crippen LogP contribution in [0.25, 0.3) is 0 Å². The molecule has 18 heavy (non-hydrogen) atoms. The molecule has 0 spiro atoms. The van der Waals surface area contributed by atoms with Gasteiger partial charge in [-0.2, -0.15) is 0 Å². The summed E-state index contributed by atoms with van der Waals surface area (Å²) in [7, 11) is 0. The van der Waals surface area contributed by atoms with E-state index < -0.39 is 0 Å². The molecule has 2 nitrogen and oxygen atoms in total. The first kappa shape index (κ1) is 23.6. The molecule has 0 aromatic carbocycles. The molecule has 0 radical (unpaired) electrons. The van der Waals surface area contributed by atoms with Crippen LogP contribution in [0.1, 0.15) is 77.6 Å². The van der Waals surface area contributed by atoms with Gasteiger partial charge in [0.2, 0.25) is 0 Å². The third kappa shape index (κ3) is 18.9. The number of halogens is 2. The maximum Gasteiger partial charge on any atom is 0.0163 e. The van der Waals surface area contributed by atoms with Crippen LogP contribution in [0.4, 0.5) is 0 Å². The van der Waals surface area contributed by atoms with E-state index in [-0.39, 0.29) is 30.9 Å². The van der Waals surface area contributed by atoms with Gasteiger partial charge in [0.15, 0.2) is 0 Å². The summed E-state index contributed by atoms with van der Waals surface area (Å²) in [6.07, 6.45) is 15.0. The molecule has 1 atom stereocenters. The second-order valence-electron chi connectivity index (χ2n) is 4.97. The van der Waals surface area contributed by atoms with E-state index in [1.54, 1.807) is 0 Å². The van der Waals surface area contributed by atoms with Crippen molar-refractivity contribution in [2.45, 2.75) is 83.6 Å².